The van der Waals surface area contributed by atoms with E-state index in [1.165, 1.54) is 0 Å². The Morgan fingerprint density at radius 2 is 1.56 bits per heavy atom. The van der Waals surface area contributed by atoms with E-state index in [0.29, 0.717) is 0 Å². The smallest absolute Gasteiger partial charge is 0.408 e. The van der Waals surface area contributed by atoms with Gasteiger partial charge in [-0.1, -0.05) is 31.5 Å². The van der Waals surface area contributed by atoms with Crippen molar-refractivity contribution in [3.8, 4) is 5.75 Å². The van der Waals surface area contributed by atoms with Gasteiger partial charge in [0, 0.05) is 0 Å². The first-order valence-corrected chi connectivity index (χ1v) is 9.32. The van der Waals surface area contributed by atoms with E-state index >= 15 is 0 Å². The first-order valence-electron chi connectivity index (χ1n) is 9.32. The lowest BCUT2D eigenvalue weighted by Gasteiger charge is -2.29. The number of ether oxygens (including phenoxy) is 3. The number of carbonyl (C=O) groups is 2. The minimum Gasteiger partial charge on any atom is -0.487 e. The summed E-state index contributed by atoms with van der Waals surface area (Å²) >= 11 is 0. The molecule has 0 aromatic heterocycles. The summed E-state index contributed by atoms with van der Waals surface area (Å²) in [5.74, 6) is 0.233. The summed E-state index contributed by atoms with van der Waals surface area (Å²) in [4.78, 5) is 24.2. The third-order valence-corrected chi connectivity index (χ3v) is 3.80. The van der Waals surface area contributed by atoms with Crippen LogP contribution in [0.5, 0.6) is 5.75 Å². The van der Waals surface area contributed by atoms with E-state index in [2.05, 4.69) is 5.32 Å². The van der Waals surface area contributed by atoms with Crippen LogP contribution >= 0.6 is 0 Å². The summed E-state index contributed by atoms with van der Waals surface area (Å²) in [6.07, 6.45) is -1.45. The van der Waals surface area contributed by atoms with E-state index in [9.17, 15) is 9.59 Å². The van der Waals surface area contributed by atoms with Crippen molar-refractivity contribution in [3.05, 3.63) is 29.8 Å². The number of aryl methyl sites for hydroxylation is 1. The Morgan fingerprint density at radius 1 is 1.00 bits per heavy atom. The van der Waals surface area contributed by atoms with E-state index in [1.54, 1.807) is 27.7 Å². The molecule has 0 aliphatic carbocycles. The van der Waals surface area contributed by atoms with Gasteiger partial charge in [-0.2, -0.15) is 0 Å². The largest absolute Gasteiger partial charge is 0.487 e. The molecule has 0 radical (unpaired) electrons. The minimum absolute atomic E-state index is 0.0446. The number of carbonyl (C=O) groups excluding carboxylic acids is 2. The molecular weight excluding hydrogens is 346 g/mol. The van der Waals surface area contributed by atoms with Crippen molar-refractivity contribution < 1.29 is 23.8 Å². The molecule has 152 valence electrons. The van der Waals surface area contributed by atoms with Crippen LogP contribution in [0.25, 0.3) is 0 Å². The average Bonchev–Trinajstić information content (AvgIpc) is 2.52. The molecule has 0 aliphatic heterocycles. The van der Waals surface area contributed by atoms with Crippen LogP contribution in [0.4, 0.5) is 4.79 Å². The van der Waals surface area contributed by atoms with Crippen molar-refractivity contribution in [2.75, 3.05) is 0 Å². The Bertz CT molecular complexity index is 618. The lowest BCUT2D eigenvalue weighted by molar-refractivity contribution is -0.158. The molecule has 0 fully saturated rings. The first kappa shape index (κ1) is 22.8. The Morgan fingerprint density at radius 3 is 2.04 bits per heavy atom. The van der Waals surface area contributed by atoms with E-state index in [1.807, 2.05) is 52.0 Å². The zero-order valence-electron chi connectivity index (χ0n) is 17.7. The van der Waals surface area contributed by atoms with Crippen molar-refractivity contribution in [1.29, 1.82) is 0 Å². The second-order valence-corrected chi connectivity index (χ2v) is 8.15. The van der Waals surface area contributed by atoms with Crippen molar-refractivity contribution in [2.45, 2.75) is 79.2 Å². The van der Waals surface area contributed by atoms with Gasteiger partial charge in [-0.15, -0.1) is 0 Å². The van der Waals surface area contributed by atoms with Gasteiger partial charge in [-0.05, 0) is 59.6 Å². The first-order chi connectivity index (χ1) is 12.4. The number of hydrogen-bond donors (Lipinski definition) is 1. The fourth-order valence-corrected chi connectivity index (χ4v) is 2.45. The summed E-state index contributed by atoms with van der Waals surface area (Å²) < 4.78 is 16.7. The third kappa shape index (κ3) is 8.33. The summed E-state index contributed by atoms with van der Waals surface area (Å²) in [5.41, 5.74) is 0.508. The second kappa shape index (κ2) is 9.62. The molecule has 0 bridgehead atoms. The van der Waals surface area contributed by atoms with E-state index in [0.717, 1.165) is 11.3 Å². The van der Waals surface area contributed by atoms with Gasteiger partial charge in [0.15, 0.2) is 0 Å². The monoisotopic (exact) mass is 379 g/mol. The maximum absolute atomic E-state index is 12.4. The van der Waals surface area contributed by atoms with Gasteiger partial charge in [0.25, 0.3) is 0 Å². The second-order valence-electron chi connectivity index (χ2n) is 8.15. The molecule has 1 aromatic rings. The number of rotatable bonds is 7. The summed E-state index contributed by atoms with van der Waals surface area (Å²) in [6, 6.07) is 6.87. The number of hydrogen-bond acceptors (Lipinski definition) is 5. The molecule has 1 N–H and O–H groups in total. The highest BCUT2D eigenvalue weighted by molar-refractivity contribution is 5.81. The quantitative estimate of drug-likeness (QED) is 0.717. The van der Waals surface area contributed by atoms with Crippen LogP contribution in [0.3, 0.4) is 0 Å². The topological polar surface area (TPSA) is 73.9 Å². The van der Waals surface area contributed by atoms with Gasteiger partial charge in [-0.25, -0.2) is 9.59 Å². The standard InChI is InChI=1S/C21H33NO5/c1-13(2)18(16(5)25-17-11-9-14(3)10-12-17)26-19(23)15(4)22-20(24)27-21(6,7)8/h9-13,15-16,18H,1-8H3,(H,22,24)/t15-,16-,18-/m0/s1. The number of benzene rings is 1. The van der Waals surface area contributed by atoms with Crippen LogP contribution in [-0.2, 0) is 14.3 Å². The van der Waals surface area contributed by atoms with E-state index in [-0.39, 0.29) is 12.0 Å². The van der Waals surface area contributed by atoms with Crippen molar-refractivity contribution in [2.24, 2.45) is 5.92 Å². The summed E-state index contributed by atoms with van der Waals surface area (Å²) in [6.45, 7) is 14.6. The zero-order chi connectivity index (χ0) is 20.8. The van der Waals surface area contributed by atoms with Crippen LogP contribution in [0.2, 0.25) is 0 Å². The highest BCUT2D eigenvalue weighted by Gasteiger charge is 2.30. The molecule has 0 saturated heterocycles. The number of amides is 1. The maximum Gasteiger partial charge on any atom is 0.408 e. The SMILES string of the molecule is Cc1ccc(O[C@@H](C)[C@@H](OC(=O)[C@H](C)NC(=O)OC(C)(C)C)C(C)C)cc1. The fourth-order valence-electron chi connectivity index (χ4n) is 2.45. The van der Waals surface area contributed by atoms with Gasteiger partial charge in [0.05, 0.1) is 0 Å². The van der Waals surface area contributed by atoms with Crippen molar-refractivity contribution in [3.63, 3.8) is 0 Å². The van der Waals surface area contributed by atoms with Gasteiger partial charge in [0.2, 0.25) is 0 Å². The molecule has 27 heavy (non-hydrogen) atoms. The van der Waals surface area contributed by atoms with E-state index in [4.69, 9.17) is 14.2 Å². The Labute approximate surface area is 162 Å². The predicted molar refractivity (Wildman–Crippen MR) is 105 cm³/mol. The van der Waals surface area contributed by atoms with Crippen molar-refractivity contribution >= 4 is 12.1 Å². The highest BCUT2D eigenvalue weighted by Crippen LogP contribution is 2.20. The molecule has 1 amide bonds. The Balaban J connectivity index is 2.67. The molecule has 3 atom stereocenters. The van der Waals surface area contributed by atoms with Crippen LogP contribution in [0, 0.1) is 12.8 Å². The molecule has 0 unspecified atom stereocenters. The third-order valence-electron chi connectivity index (χ3n) is 3.80. The zero-order valence-corrected chi connectivity index (χ0v) is 17.7. The van der Waals surface area contributed by atoms with Crippen LogP contribution in [0.1, 0.15) is 54.0 Å². The molecule has 1 rings (SSSR count). The van der Waals surface area contributed by atoms with Crippen LogP contribution < -0.4 is 10.1 Å². The normalized spacial score (nSPS) is 14.9. The Hall–Kier alpha value is -2.24. The maximum atomic E-state index is 12.4. The molecular formula is C21H33NO5. The fraction of sp³-hybridized carbons (Fsp3) is 0.619. The van der Waals surface area contributed by atoms with Gasteiger partial charge in [-0.3, -0.25) is 0 Å². The van der Waals surface area contributed by atoms with Gasteiger partial charge >= 0.3 is 12.1 Å². The molecule has 6 heteroatoms. The summed E-state index contributed by atoms with van der Waals surface area (Å²) in [7, 11) is 0. The van der Waals surface area contributed by atoms with E-state index < -0.39 is 29.8 Å². The van der Waals surface area contributed by atoms with Gasteiger partial charge < -0.3 is 19.5 Å². The average molecular weight is 379 g/mol. The minimum atomic E-state index is -0.826. The molecule has 0 spiro atoms. The van der Waals surface area contributed by atoms with Gasteiger partial charge in [0.1, 0.15) is 29.6 Å². The van der Waals surface area contributed by atoms with Crippen LogP contribution in [0.15, 0.2) is 24.3 Å². The number of nitrogens with one attached hydrogen (secondary N) is 1. The lowest BCUT2D eigenvalue weighted by Crippen LogP contribution is -2.46. The van der Waals surface area contributed by atoms with Crippen molar-refractivity contribution in [1.82, 2.24) is 5.32 Å². The van der Waals surface area contributed by atoms with Crippen LogP contribution in [-0.4, -0.2) is 35.9 Å². The number of alkyl carbamates (subject to hydrolysis) is 1. The lowest BCUT2D eigenvalue weighted by atomic mass is 10.0. The molecule has 0 heterocycles. The molecule has 0 aliphatic rings. The molecule has 6 nitrogen and oxygen atoms in total. The predicted octanol–water partition coefficient (Wildman–Crippen LogP) is 4.24. The summed E-state index contributed by atoms with van der Waals surface area (Å²) in [5, 5.41) is 2.50. The Kier molecular flexibility index (Phi) is 8.13. The highest BCUT2D eigenvalue weighted by atomic mass is 16.6. The number of esters is 1. The molecule has 0 saturated carbocycles. The molecule has 1 aromatic carbocycles.